The van der Waals surface area contributed by atoms with Gasteiger partial charge in [-0.15, -0.1) is 11.8 Å². The van der Waals surface area contributed by atoms with E-state index in [-0.39, 0.29) is 0 Å². The number of pyridine rings is 1. The number of hydrogen-bond acceptors (Lipinski definition) is 5. The SMILES string of the molecule is CN(C)c1ccc(N2CC=CC(C(N)=O)=C2SCc2ccnc3ccccc23)cc1. The first-order valence-corrected chi connectivity index (χ1v) is 10.7. The van der Waals surface area contributed by atoms with Gasteiger partial charge in [-0.2, -0.15) is 0 Å². The van der Waals surface area contributed by atoms with Crippen molar-refractivity contribution >= 4 is 39.9 Å². The molecule has 1 aliphatic rings. The number of primary amides is 1. The second kappa shape index (κ2) is 8.63. The van der Waals surface area contributed by atoms with Gasteiger partial charge in [0.1, 0.15) is 0 Å². The number of aromatic nitrogens is 1. The summed E-state index contributed by atoms with van der Waals surface area (Å²) < 4.78 is 0. The fourth-order valence-corrected chi connectivity index (χ4v) is 4.70. The van der Waals surface area contributed by atoms with Crippen molar-refractivity contribution in [3.8, 4) is 0 Å². The molecule has 0 saturated carbocycles. The predicted octanol–water partition coefficient (Wildman–Crippen LogP) is 4.31. The van der Waals surface area contributed by atoms with Crippen molar-refractivity contribution in [3.63, 3.8) is 0 Å². The van der Waals surface area contributed by atoms with E-state index in [0.717, 1.165) is 33.1 Å². The van der Waals surface area contributed by atoms with Crippen LogP contribution in [-0.4, -0.2) is 31.5 Å². The molecule has 1 aliphatic heterocycles. The number of nitrogens with two attached hydrogens (primary N) is 1. The Morgan fingerprint density at radius 2 is 1.90 bits per heavy atom. The van der Waals surface area contributed by atoms with E-state index in [0.29, 0.717) is 12.1 Å². The summed E-state index contributed by atoms with van der Waals surface area (Å²) in [4.78, 5) is 20.8. The molecule has 2 heterocycles. The van der Waals surface area contributed by atoms with Crippen molar-refractivity contribution in [2.24, 2.45) is 5.73 Å². The lowest BCUT2D eigenvalue weighted by Crippen LogP contribution is -2.29. The van der Waals surface area contributed by atoms with Gasteiger partial charge in [0.25, 0.3) is 5.91 Å². The van der Waals surface area contributed by atoms with Crippen LogP contribution < -0.4 is 15.5 Å². The van der Waals surface area contributed by atoms with Crippen LogP contribution in [0.25, 0.3) is 10.9 Å². The number of nitrogens with zero attached hydrogens (tertiary/aromatic N) is 3. The minimum Gasteiger partial charge on any atom is -0.378 e. The third-order valence-corrected chi connectivity index (χ3v) is 6.26. The van der Waals surface area contributed by atoms with E-state index in [4.69, 9.17) is 5.73 Å². The summed E-state index contributed by atoms with van der Waals surface area (Å²) in [5.41, 5.74) is 10.6. The standard InChI is InChI=1S/C24H24N4OS/c1-27(2)18-9-11-19(12-10-18)28-15-5-7-21(23(25)29)24(28)30-16-17-13-14-26-22-8-4-3-6-20(17)22/h3-14H,15-16H2,1-2H3,(H2,25,29). The predicted molar refractivity (Wildman–Crippen MR) is 127 cm³/mol. The van der Waals surface area contributed by atoms with Crippen molar-refractivity contribution in [2.75, 3.05) is 30.4 Å². The molecule has 1 amide bonds. The van der Waals surface area contributed by atoms with Gasteiger partial charge < -0.3 is 15.5 Å². The second-order valence-corrected chi connectivity index (χ2v) is 8.25. The summed E-state index contributed by atoms with van der Waals surface area (Å²) in [6, 6.07) is 18.5. The summed E-state index contributed by atoms with van der Waals surface area (Å²) in [5.74, 6) is 0.304. The normalized spacial score (nSPS) is 13.7. The van der Waals surface area contributed by atoms with E-state index in [9.17, 15) is 4.79 Å². The highest BCUT2D eigenvalue weighted by molar-refractivity contribution is 8.02. The Kier molecular flexibility index (Phi) is 5.77. The van der Waals surface area contributed by atoms with Crippen LogP contribution >= 0.6 is 11.8 Å². The molecule has 5 nitrogen and oxygen atoms in total. The van der Waals surface area contributed by atoms with Gasteiger partial charge in [-0.1, -0.05) is 24.3 Å². The van der Waals surface area contributed by atoms with Gasteiger partial charge in [-0.25, -0.2) is 0 Å². The van der Waals surface area contributed by atoms with E-state index in [1.807, 2.05) is 56.7 Å². The number of carbonyl (C=O) groups excluding carboxylic acids is 1. The molecule has 152 valence electrons. The number of hydrogen-bond donors (Lipinski definition) is 1. The average Bonchev–Trinajstić information content (AvgIpc) is 2.77. The highest BCUT2D eigenvalue weighted by Crippen LogP contribution is 2.36. The first-order chi connectivity index (χ1) is 14.5. The van der Waals surface area contributed by atoms with Crippen molar-refractivity contribution in [1.82, 2.24) is 4.98 Å². The van der Waals surface area contributed by atoms with E-state index in [2.05, 4.69) is 45.1 Å². The third-order valence-electron chi connectivity index (χ3n) is 5.10. The lowest BCUT2D eigenvalue weighted by Gasteiger charge is -2.30. The molecule has 6 heteroatoms. The van der Waals surface area contributed by atoms with Crippen molar-refractivity contribution in [1.29, 1.82) is 0 Å². The maximum atomic E-state index is 12.2. The van der Waals surface area contributed by atoms with E-state index in [1.54, 1.807) is 11.8 Å². The molecule has 0 spiro atoms. The van der Waals surface area contributed by atoms with Gasteiger partial charge >= 0.3 is 0 Å². The Balaban J connectivity index is 1.67. The molecular weight excluding hydrogens is 392 g/mol. The van der Waals surface area contributed by atoms with Crippen LogP contribution in [0.4, 0.5) is 11.4 Å². The number of rotatable bonds is 6. The van der Waals surface area contributed by atoms with Gasteiger partial charge in [0.05, 0.1) is 16.1 Å². The smallest absolute Gasteiger partial charge is 0.251 e. The third kappa shape index (κ3) is 4.04. The minimum absolute atomic E-state index is 0.414. The maximum Gasteiger partial charge on any atom is 0.251 e. The van der Waals surface area contributed by atoms with Crippen molar-refractivity contribution < 1.29 is 4.79 Å². The zero-order valence-electron chi connectivity index (χ0n) is 17.1. The van der Waals surface area contributed by atoms with Crippen molar-refractivity contribution in [2.45, 2.75) is 5.75 Å². The molecule has 0 unspecified atom stereocenters. The molecule has 0 radical (unpaired) electrons. The number of carbonyl (C=O) groups is 1. The lowest BCUT2D eigenvalue weighted by atomic mass is 10.1. The van der Waals surface area contributed by atoms with Gasteiger partial charge in [-0.05, 0) is 48.0 Å². The van der Waals surface area contributed by atoms with Crippen LogP contribution in [0.2, 0.25) is 0 Å². The summed E-state index contributed by atoms with van der Waals surface area (Å²) in [6.45, 7) is 0.692. The molecule has 2 N–H and O–H groups in total. The van der Waals surface area contributed by atoms with E-state index >= 15 is 0 Å². The van der Waals surface area contributed by atoms with Crippen LogP contribution in [0.1, 0.15) is 5.56 Å². The zero-order chi connectivity index (χ0) is 21.1. The molecule has 0 bridgehead atoms. The van der Waals surface area contributed by atoms with Crippen molar-refractivity contribution in [3.05, 3.63) is 89.1 Å². The highest BCUT2D eigenvalue weighted by Gasteiger charge is 2.22. The number of fused-ring (bicyclic) bond motifs is 1. The Morgan fingerprint density at radius 1 is 1.13 bits per heavy atom. The summed E-state index contributed by atoms with van der Waals surface area (Å²) in [6.07, 6.45) is 5.64. The van der Waals surface area contributed by atoms with Crippen LogP contribution in [0.15, 0.2) is 83.5 Å². The maximum absolute atomic E-state index is 12.2. The Morgan fingerprint density at radius 3 is 2.63 bits per heavy atom. The molecule has 30 heavy (non-hydrogen) atoms. The zero-order valence-corrected chi connectivity index (χ0v) is 17.9. The molecule has 0 saturated heterocycles. The first kappa shape index (κ1) is 20.0. The van der Waals surface area contributed by atoms with E-state index in [1.165, 1.54) is 5.56 Å². The van der Waals surface area contributed by atoms with Gasteiger partial charge in [0.2, 0.25) is 0 Å². The van der Waals surface area contributed by atoms with Gasteiger partial charge in [0, 0.05) is 49.4 Å². The quantitative estimate of drug-likeness (QED) is 0.649. The Labute approximate surface area is 180 Å². The first-order valence-electron chi connectivity index (χ1n) is 9.75. The van der Waals surface area contributed by atoms with Crippen LogP contribution in [0.5, 0.6) is 0 Å². The molecule has 2 aromatic carbocycles. The molecule has 3 aromatic rings. The van der Waals surface area contributed by atoms with E-state index < -0.39 is 5.91 Å². The molecule has 0 aliphatic carbocycles. The summed E-state index contributed by atoms with van der Waals surface area (Å²) in [7, 11) is 4.04. The fourth-order valence-electron chi connectivity index (χ4n) is 3.50. The molecule has 4 rings (SSSR count). The Bertz CT molecular complexity index is 1130. The van der Waals surface area contributed by atoms with Gasteiger partial charge in [0.15, 0.2) is 0 Å². The second-order valence-electron chi connectivity index (χ2n) is 7.28. The largest absolute Gasteiger partial charge is 0.378 e. The summed E-state index contributed by atoms with van der Waals surface area (Å²) in [5, 5.41) is 2.01. The monoisotopic (exact) mass is 416 g/mol. The van der Waals surface area contributed by atoms with Crippen LogP contribution in [-0.2, 0) is 10.5 Å². The average molecular weight is 417 g/mol. The number of amides is 1. The lowest BCUT2D eigenvalue weighted by molar-refractivity contribution is -0.114. The fraction of sp³-hybridized carbons (Fsp3) is 0.167. The minimum atomic E-state index is -0.414. The number of anilines is 2. The summed E-state index contributed by atoms with van der Waals surface area (Å²) >= 11 is 1.63. The van der Waals surface area contributed by atoms with Gasteiger partial charge in [-0.3, -0.25) is 9.78 Å². The number of para-hydroxylation sites is 1. The molecule has 0 atom stereocenters. The highest BCUT2D eigenvalue weighted by atomic mass is 32.2. The molecule has 1 aromatic heterocycles. The Hall–Kier alpha value is -3.25. The molecular formula is C24H24N4OS. The number of thioether (sulfide) groups is 1. The van der Waals surface area contributed by atoms with Crippen LogP contribution in [0.3, 0.4) is 0 Å². The number of benzene rings is 2. The van der Waals surface area contributed by atoms with Crippen LogP contribution in [0, 0.1) is 0 Å². The topological polar surface area (TPSA) is 62.5 Å². The molecule has 0 fully saturated rings.